The van der Waals surface area contributed by atoms with Crippen molar-refractivity contribution in [1.82, 2.24) is 4.57 Å². The minimum Gasteiger partial charge on any atom is -0.497 e. The minimum atomic E-state index is -2.86. The quantitative estimate of drug-likeness (QED) is 0.0958. The average Bonchev–Trinajstić information content (AvgIpc) is 3.67. The zero-order chi connectivity index (χ0) is 41.2. The van der Waals surface area contributed by atoms with E-state index in [2.05, 4.69) is 235 Å². The van der Waals surface area contributed by atoms with Gasteiger partial charge in [-0.15, -0.1) is 10.0 Å². The van der Waals surface area contributed by atoms with E-state index >= 15 is 0 Å². The number of methoxy groups -OCH3 is 2. The van der Waals surface area contributed by atoms with Crippen LogP contribution in [0, 0.1) is 0 Å². The van der Waals surface area contributed by atoms with Crippen molar-refractivity contribution in [2.75, 3.05) is 14.2 Å². The molecule has 10 aromatic rings. The van der Waals surface area contributed by atoms with E-state index in [1.165, 1.54) is 51.1 Å². The summed E-state index contributed by atoms with van der Waals surface area (Å²) in [4.78, 5) is 5.14. The molecule has 0 bridgehead atoms. The van der Waals surface area contributed by atoms with Crippen LogP contribution >= 0.6 is 10.0 Å². The molecule has 0 amide bonds. The van der Waals surface area contributed by atoms with Gasteiger partial charge in [0.05, 0.1) is 30.9 Å². The molecule has 0 aliphatic heterocycles. The van der Waals surface area contributed by atoms with Crippen LogP contribution in [0.15, 0.2) is 256 Å². The minimum absolute atomic E-state index is 0.738. The molecule has 3 nitrogen and oxygen atoms in total. The molecule has 1 aromatic heterocycles. The molecule has 0 N–H and O–H groups in total. The first-order valence-electron chi connectivity index (χ1n) is 20.6. The summed E-state index contributed by atoms with van der Waals surface area (Å²) in [5.41, 5.74) is 3.20. The topological polar surface area (TPSA) is 23.4 Å². The van der Waals surface area contributed by atoms with Gasteiger partial charge in [-0.25, -0.2) is 0 Å². The lowest BCUT2D eigenvalue weighted by atomic mass is 10.1. The second kappa shape index (κ2) is 16.2. The Hall–Kier alpha value is -7.05. The van der Waals surface area contributed by atoms with Gasteiger partial charge in [-0.2, -0.15) is 0 Å². The van der Waals surface area contributed by atoms with Crippen molar-refractivity contribution in [3.05, 3.63) is 237 Å². The molecule has 1 heterocycles. The van der Waals surface area contributed by atoms with E-state index in [0.717, 1.165) is 28.2 Å². The van der Waals surface area contributed by atoms with Gasteiger partial charge in [0, 0.05) is 48.6 Å². The fraction of sp³-hybridized carbons (Fsp3) is 0.0357. The lowest BCUT2D eigenvalue weighted by molar-refractivity contribution is 0.394. The molecular weight excluding hydrogens is 779 g/mol. The summed E-state index contributed by atoms with van der Waals surface area (Å²) >= 11 is 0. The molecule has 9 aromatic carbocycles. The summed E-state index contributed by atoms with van der Waals surface area (Å²) in [5.74, 6) is 1.48. The van der Waals surface area contributed by atoms with Crippen molar-refractivity contribution >= 4 is 60.7 Å². The maximum Gasteiger partial charge on any atom is 0.179 e. The fourth-order valence-corrected chi connectivity index (χ4v) is 18.0. The van der Waals surface area contributed by atoms with Gasteiger partial charge in [0.25, 0.3) is 0 Å². The Morgan fingerprint density at radius 3 is 1.13 bits per heavy atom. The molecule has 0 fully saturated rings. The zero-order valence-corrected chi connectivity index (χ0v) is 36.0. The number of nitrogens with zero attached hydrogens (tertiary/aromatic N) is 1. The molecular formula is C56H45NO2SSi. The van der Waals surface area contributed by atoms with E-state index in [1.807, 2.05) is 6.07 Å². The SMILES string of the molecule is COc1cc(OC)cc(-n2c3ccc([Si](c4ccccc4)(c4ccccc4)c4ccccc4)cc3c3cc(S(c4ccccc4)(c4ccccc4)c4ccccc4)ccc32)c1. The molecule has 296 valence electrons. The summed E-state index contributed by atoms with van der Waals surface area (Å²) < 4.78 is 14.1. The van der Waals surface area contributed by atoms with Crippen LogP contribution < -0.4 is 30.2 Å². The first-order chi connectivity index (χ1) is 30.2. The van der Waals surface area contributed by atoms with Gasteiger partial charge < -0.3 is 14.0 Å². The average molecular weight is 824 g/mol. The molecule has 5 heteroatoms. The number of fused-ring (bicyclic) bond motifs is 3. The van der Waals surface area contributed by atoms with E-state index in [4.69, 9.17) is 9.47 Å². The van der Waals surface area contributed by atoms with Crippen LogP contribution in [0.25, 0.3) is 27.5 Å². The van der Waals surface area contributed by atoms with Crippen LogP contribution in [0.4, 0.5) is 0 Å². The number of hydrogen-bond donors (Lipinski definition) is 0. The lowest BCUT2D eigenvalue weighted by Gasteiger charge is -2.42. The molecule has 0 saturated carbocycles. The van der Waals surface area contributed by atoms with Gasteiger partial charge in [0.15, 0.2) is 8.07 Å². The molecule has 0 radical (unpaired) electrons. The van der Waals surface area contributed by atoms with Crippen LogP contribution in [0.3, 0.4) is 0 Å². The highest BCUT2D eigenvalue weighted by molar-refractivity contribution is 8.34. The van der Waals surface area contributed by atoms with Crippen LogP contribution in [0.5, 0.6) is 11.5 Å². The number of benzene rings is 9. The highest BCUT2D eigenvalue weighted by atomic mass is 32.3. The second-order valence-electron chi connectivity index (χ2n) is 15.2. The van der Waals surface area contributed by atoms with Crippen molar-refractivity contribution in [1.29, 1.82) is 0 Å². The number of rotatable bonds is 11. The summed E-state index contributed by atoms with van der Waals surface area (Å²) in [5, 5.41) is 7.73. The maximum absolute atomic E-state index is 5.86. The largest absolute Gasteiger partial charge is 0.497 e. The van der Waals surface area contributed by atoms with Gasteiger partial charge in [-0.1, -0.05) is 158 Å². The van der Waals surface area contributed by atoms with Crippen molar-refractivity contribution in [2.24, 2.45) is 0 Å². The predicted octanol–water partition coefficient (Wildman–Crippen LogP) is 11.5. The van der Waals surface area contributed by atoms with E-state index < -0.39 is 18.1 Å². The second-order valence-corrected chi connectivity index (χ2v) is 22.1. The highest BCUT2D eigenvalue weighted by Crippen LogP contribution is 2.73. The molecule has 0 aliphatic rings. The van der Waals surface area contributed by atoms with Crippen LogP contribution in [0.1, 0.15) is 0 Å². The summed E-state index contributed by atoms with van der Waals surface area (Å²) in [6, 6.07) is 87.4. The summed E-state index contributed by atoms with van der Waals surface area (Å²) in [6.45, 7) is 0. The van der Waals surface area contributed by atoms with Crippen LogP contribution in [-0.2, 0) is 0 Å². The summed E-state index contributed by atoms with van der Waals surface area (Å²) in [6.07, 6.45) is 0. The first kappa shape index (κ1) is 38.2. The smallest absolute Gasteiger partial charge is 0.179 e. The molecule has 0 atom stereocenters. The Morgan fingerprint density at radius 1 is 0.344 bits per heavy atom. The third-order valence-electron chi connectivity index (χ3n) is 12.0. The first-order valence-corrected chi connectivity index (χ1v) is 24.3. The van der Waals surface area contributed by atoms with Crippen molar-refractivity contribution in [2.45, 2.75) is 19.6 Å². The Bertz CT molecular complexity index is 2690. The van der Waals surface area contributed by atoms with Crippen molar-refractivity contribution < 1.29 is 9.47 Å². The van der Waals surface area contributed by atoms with E-state index in [-0.39, 0.29) is 0 Å². The number of aromatic nitrogens is 1. The van der Waals surface area contributed by atoms with Gasteiger partial charge in [-0.3, -0.25) is 0 Å². The van der Waals surface area contributed by atoms with Gasteiger partial charge in [0.1, 0.15) is 11.5 Å². The van der Waals surface area contributed by atoms with Crippen LogP contribution in [-0.4, -0.2) is 26.9 Å². The van der Waals surface area contributed by atoms with E-state index in [9.17, 15) is 0 Å². The molecule has 0 spiro atoms. The Balaban J connectivity index is 1.35. The normalized spacial score (nSPS) is 12.0. The zero-order valence-electron chi connectivity index (χ0n) is 34.2. The maximum atomic E-state index is 5.86. The Morgan fingerprint density at radius 2 is 0.721 bits per heavy atom. The van der Waals surface area contributed by atoms with Crippen molar-refractivity contribution in [3.63, 3.8) is 0 Å². The van der Waals surface area contributed by atoms with Crippen LogP contribution in [0.2, 0.25) is 0 Å². The van der Waals surface area contributed by atoms with Crippen molar-refractivity contribution in [3.8, 4) is 17.2 Å². The number of ether oxygens (including phenoxy) is 2. The van der Waals surface area contributed by atoms with Gasteiger partial charge in [0.2, 0.25) is 0 Å². The van der Waals surface area contributed by atoms with E-state index in [0.29, 0.717) is 0 Å². The third kappa shape index (κ3) is 6.36. The molecule has 10 rings (SSSR count). The third-order valence-corrected chi connectivity index (χ3v) is 20.7. The molecule has 0 saturated heterocycles. The summed E-state index contributed by atoms with van der Waals surface area (Å²) in [7, 11) is -1.39. The monoisotopic (exact) mass is 823 g/mol. The van der Waals surface area contributed by atoms with Gasteiger partial charge >= 0.3 is 0 Å². The lowest BCUT2D eigenvalue weighted by Crippen LogP contribution is -2.74. The molecule has 0 unspecified atom stereocenters. The van der Waals surface area contributed by atoms with Gasteiger partial charge in [-0.05, 0) is 81.4 Å². The molecule has 61 heavy (non-hydrogen) atoms. The Kier molecular flexibility index (Phi) is 10.1. The Labute approximate surface area is 360 Å². The number of hydrogen-bond acceptors (Lipinski definition) is 2. The fourth-order valence-electron chi connectivity index (χ4n) is 9.38. The van der Waals surface area contributed by atoms with E-state index in [1.54, 1.807) is 14.2 Å². The molecule has 0 aliphatic carbocycles. The predicted molar refractivity (Wildman–Crippen MR) is 257 cm³/mol. The standard InChI is InChI=1S/C56H45NO2SSi/c1-58-43-37-42(38-44(39-43)59-2)57-55-35-33-48(60(45-21-9-3-10-22-45,46-23-11-4-12-24-46)47-25-13-5-14-26-47)40-53(55)54-41-52(34-36-56(54)57)61(49-27-15-6-16-28-49,50-29-17-7-18-30-50)51-31-19-8-20-32-51/h3-41H,1-2H3. The highest BCUT2D eigenvalue weighted by Gasteiger charge is 2.42.